The molecule has 5 rings (SSSR count). The Kier molecular flexibility index (Phi) is 6.37. The molecule has 1 aliphatic heterocycles. The number of carbonyl (C=O) groups excluding carboxylic acids is 1. The molecule has 2 aromatic heterocycles. The molecule has 4 N–H and O–H groups in total. The molecule has 2 aliphatic rings. The number of hydrogen-bond donors (Lipinski definition) is 2. The van der Waals surface area contributed by atoms with Gasteiger partial charge in [0.05, 0.1) is 25.1 Å². The average Bonchev–Trinajstić information content (AvgIpc) is 2.85. The zero-order valence-electron chi connectivity index (χ0n) is 18.9. The molecule has 3 aromatic rings. The molecule has 0 atom stereocenters. The standard InChI is InChI=1S/C25H28N6O3/c26-18-12-20(13-18)34-19-3-1-16(2-4-19)21-15-29-25(27)24(30-21)23(32)11-17-14-28-6-5-22(17)31-7-9-33-10-8-31/h1-6,14-15,18,20H,7-13,26H2,(H2,27,29). The first-order valence-electron chi connectivity index (χ1n) is 11.5. The van der Waals surface area contributed by atoms with Gasteiger partial charge in [-0.15, -0.1) is 0 Å². The van der Waals surface area contributed by atoms with Crippen LogP contribution in [-0.2, 0) is 11.2 Å². The SMILES string of the molecule is Nc1ncc(-c2ccc(OC3CC(N)C3)cc2)nc1C(=O)Cc1cnccc1N1CCOCC1. The zero-order chi connectivity index (χ0) is 23.5. The zero-order valence-corrected chi connectivity index (χ0v) is 18.9. The van der Waals surface area contributed by atoms with Gasteiger partial charge in [-0.1, -0.05) is 0 Å². The number of aromatic nitrogens is 3. The predicted octanol–water partition coefficient (Wildman–Crippen LogP) is 2.25. The Morgan fingerprint density at radius 1 is 1.12 bits per heavy atom. The Bertz CT molecular complexity index is 1160. The second-order valence-corrected chi connectivity index (χ2v) is 8.69. The van der Waals surface area contributed by atoms with Gasteiger partial charge in [-0.25, -0.2) is 9.97 Å². The quantitative estimate of drug-likeness (QED) is 0.510. The minimum absolute atomic E-state index is 0.117. The third-order valence-electron chi connectivity index (χ3n) is 6.23. The summed E-state index contributed by atoms with van der Waals surface area (Å²) in [5, 5.41) is 0. The van der Waals surface area contributed by atoms with E-state index in [4.69, 9.17) is 20.9 Å². The molecule has 0 unspecified atom stereocenters. The van der Waals surface area contributed by atoms with Crippen molar-refractivity contribution in [1.29, 1.82) is 0 Å². The number of benzene rings is 1. The van der Waals surface area contributed by atoms with Gasteiger partial charge in [0.25, 0.3) is 0 Å². The minimum atomic E-state index is -0.198. The van der Waals surface area contributed by atoms with Crippen LogP contribution in [-0.4, -0.2) is 59.2 Å². The molecule has 0 spiro atoms. The second-order valence-electron chi connectivity index (χ2n) is 8.69. The van der Waals surface area contributed by atoms with Gasteiger partial charge < -0.3 is 25.8 Å². The van der Waals surface area contributed by atoms with Crippen LogP contribution < -0.4 is 21.1 Å². The lowest BCUT2D eigenvalue weighted by molar-refractivity contribution is 0.0987. The first-order valence-corrected chi connectivity index (χ1v) is 11.5. The van der Waals surface area contributed by atoms with E-state index < -0.39 is 0 Å². The third kappa shape index (κ3) is 4.85. The van der Waals surface area contributed by atoms with Gasteiger partial charge in [0.2, 0.25) is 0 Å². The van der Waals surface area contributed by atoms with Crippen LogP contribution in [0, 0.1) is 0 Å². The van der Waals surface area contributed by atoms with Gasteiger partial charge in [-0.3, -0.25) is 9.78 Å². The molecule has 1 saturated heterocycles. The van der Waals surface area contributed by atoms with E-state index in [1.54, 1.807) is 18.6 Å². The van der Waals surface area contributed by atoms with Gasteiger partial charge in [0.15, 0.2) is 11.6 Å². The van der Waals surface area contributed by atoms with Crippen molar-refractivity contribution in [2.45, 2.75) is 31.4 Å². The number of nitrogens with zero attached hydrogens (tertiary/aromatic N) is 4. The van der Waals surface area contributed by atoms with Crippen molar-refractivity contribution in [3.8, 4) is 17.0 Å². The fourth-order valence-electron chi connectivity index (χ4n) is 4.27. The molecule has 1 aromatic carbocycles. The number of Topliss-reactive ketones (excluding diaryl/α,β-unsaturated/α-hetero) is 1. The molecule has 34 heavy (non-hydrogen) atoms. The maximum atomic E-state index is 13.2. The van der Waals surface area contributed by atoms with Crippen LogP contribution in [0.25, 0.3) is 11.3 Å². The summed E-state index contributed by atoms with van der Waals surface area (Å²) in [6, 6.07) is 9.76. The van der Waals surface area contributed by atoms with Crippen molar-refractivity contribution in [3.05, 3.63) is 60.2 Å². The first-order chi connectivity index (χ1) is 16.6. The van der Waals surface area contributed by atoms with Crippen LogP contribution in [0.3, 0.4) is 0 Å². The monoisotopic (exact) mass is 460 g/mol. The van der Waals surface area contributed by atoms with Crippen molar-refractivity contribution < 1.29 is 14.3 Å². The Hall–Kier alpha value is -3.56. The molecule has 176 valence electrons. The van der Waals surface area contributed by atoms with E-state index in [2.05, 4.69) is 19.9 Å². The second kappa shape index (κ2) is 9.74. The number of nitrogen functional groups attached to an aromatic ring is 1. The number of pyridine rings is 1. The van der Waals surface area contributed by atoms with E-state index in [0.717, 1.165) is 48.5 Å². The maximum Gasteiger partial charge on any atom is 0.189 e. The summed E-state index contributed by atoms with van der Waals surface area (Å²) in [7, 11) is 0. The summed E-state index contributed by atoms with van der Waals surface area (Å²) in [5.41, 5.74) is 15.3. The van der Waals surface area contributed by atoms with Gasteiger partial charge >= 0.3 is 0 Å². The summed E-state index contributed by atoms with van der Waals surface area (Å²) in [5.74, 6) is 0.704. The van der Waals surface area contributed by atoms with Gasteiger partial charge in [-0.2, -0.15) is 0 Å². The van der Waals surface area contributed by atoms with E-state index in [9.17, 15) is 4.79 Å². The number of ether oxygens (including phenoxy) is 2. The normalized spacial score (nSPS) is 20.0. The summed E-state index contributed by atoms with van der Waals surface area (Å²) in [6.07, 6.45) is 7.11. The van der Waals surface area contributed by atoms with Gasteiger partial charge in [0, 0.05) is 54.8 Å². The number of carbonyl (C=O) groups is 1. The first kappa shape index (κ1) is 22.2. The molecule has 0 radical (unpaired) electrons. The maximum absolute atomic E-state index is 13.2. The molecule has 1 saturated carbocycles. The van der Waals surface area contributed by atoms with Crippen LogP contribution >= 0.6 is 0 Å². The van der Waals surface area contributed by atoms with Crippen molar-refractivity contribution in [1.82, 2.24) is 15.0 Å². The Balaban J connectivity index is 1.33. The van der Waals surface area contributed by atoms with E-state index in [1.807, 2.05) is 30.3 Å². The Labute approximate surface area is 198 Å². The number of anilines is 2. The number of rotatable bonds is 7. The molecule has 3 heterocycles. The highest BCUT2D eigenvalue weighted by Crippen LogP contribution is 2.28. The fourth-order valence-corrected chi connectivity index (χ4v) is 4.27. The molecule has 9 heteroatoms. The van der Waals surface area contributed by atoms with E-state index >= 15 is 0 Å². The Morgan fingerprint density at radius 3 is 2.62 bits per heavy atom. The van der Waals surface area contributed by atoms with Crippen LogP contribution in [0.5, 0.6) is 5.75 Å². The average molecular weight is 461 g/mol. The highest BCUT2D eigenvalue weighted by atomic mass is 16.5. The number of morpholine rings is 1. The van der Waals surface area contributed by atoms with E-state index in [-0.39, 0.29) is 35.9 Å². The van der Waals surface area contributed by atoms with Crippen LogP contribution in [0.4, 0.5) is 11.5 Å². The molecular formula is C25H28N6O3. The van der Waals surface area contributed by atoms with Crippen LogP contribution in [0.15, 0.2) is 48.9 Å². The van der Waals surface area contributed by atoms with Crippen molar-refractivity contribution in [3.63, 3.8) is 0 Å². The highest BCUT2D eigenvalue weighted by Gasteiger charge is 2.27. The van der Waals surface area contributed by atoms with Crippen molar-refractivity contribution in [2.24, 2.45) is 5.73 Å². The van der Waals surface area contributed by atoms with Gasteiger partial charge in [0.1, 0.15) is 17.5 Å². The Morgan fingerprint density at radius 2 is 1.88 bits per heavy atom. The van der Waals surface area contributed by atoms with E-state index in [0.29, 0.717) is 18.9 Å². The molecule has 0 bridgehead atoms. The molecule has 2 fully saturated rings. The van der Waals surface area contributed by atoms with Crippen molar-refractivity contribution >= 4 is 17.3 Å². The van der Waals surface area contributed by atoms with Gasteiger partial charge in [-0.05, 0) is 43.2 Å². The molecule has 0 amide bonds. The number of ketones is 1. The smallest absolute Gasteiger partial charge is 0.189 e. The lowest BCUT2D eigenvalue weighted by atomic mass is 9.90. The summed E-state index contributed by atoms with van der Waals surface area (Å²) in [4.78, 5) is 28.4. The number of nitrogens with two attached hydrogens (primary N) is 2. The molecule has 9 nitrogen and oxygen atoms in total. The highest BCUT2D eigenvalue weighted by molar-refractivity contribution is 6.00. The predicted molar refractivity (Wildman–Crippen MR) is 129 cm³/mol. The lowest BCUT2D eigenvalue weighted by Crippen LogP contribution is -2.43. The lowest BCUT2D eigenvalue weighted by Gasteiger charge is -2.32. The minimum Gasteiger partial charge on any atom is -0.490 e. The van der Waals surface area contributed by atoms with Crippen LogP contribution in [0.2, 0.25) is 0 Å². The molecule has 1 aliphatic carbocycles. The number of hydrogen-bond acceptors (Lipinski definition) is 9. The summed E-state index contributed by atoms with van der Waals surface area (Å²) < 4.78 is 11.4. The summed E-state index contributed by atoms with van der Waals surface area (Å²) >= 11 is 0. The van der Waals surface area contributed by atoms with E-state index in [1.165, 1.54) is 0 Å². The topological polar surface area (TPSA) is 129 Å². The largest absolute Gasteiger partial charge is 0.490 e. The van der Waals surface area contributed by atoms with Crippen LogP contribution in [0.1, 0.15) is 28.9 Å². The fraction of sp³-hybridized carbons (Fsp3) is 0.360. The summed E-state index contributed by atoms with van der Waals surface area (Å²) in [6.45, 7) is 2.87. The third-order valence-corrected chi connectivity index (χ3v) is 6.23. The van der Waals surface area contributed by atoms with Crippen molar-refractivity contribution in [2.75, 3.05) is 36.9 Å². The molecular weight excluding hydrogens is 432 g/mol.